The lowest BCUT2D eigenvalue weighted by atomic mass is 10.1. The second kappa shape index (κ2) is 8.52. The van der Waals surface area contributed by atoms with Gasteiger partial charge in [0.05, 0.1) is 7.11 Å². The number of anilines is 1. The van der Waals surface area contributed by atoms with Crippen molar-refractivity contribution >= 4 is 22.7 Å². The summed E-state index contributed by atoms with van der Waals surface area (Å²) in [5.41, 5.74) is 6.21. The van der Waals surface area contributed by atoms with Gasteiger partial charge in [-0.2, -0.15) is 0 Å². The summed E-state index contributed by atoms with van der Waals surface area (Å²) in [4.78, 5) is 17.1. The molecule has 0 radical (unpaired) electrons. The molecule has 0 bridgehead atoms. The normalized spacial score (nSPS) is 10.8. The van der Waals surface area contributed by atoms with E-state index in [0.717, 1.165) is 39.1 Å². The molecule has 6 heteroatoms. The van der Waals surface area contributed by atoms with Crippen LogP contribution in [0.5, 0.6) is 11.5 Å². The van der Waals surface area contributed by atoms with Crippen molar-refractivity contribution in [2.24, 2.45) is 0 Å². The highest BCUT2D eigenvalue weighted by molar-refractivity contribution is 5.93. The van der Waals surface area contributed by atoms with Crippen molar-refractivity contribution in [3.8, 4) is 23.0 Å². The minimum absolute atomic E-state index is 0.0998. The molecule has 1 heterocycles. The summed E-state index contributed by atoms with van der Waals surface area (Å²) in [6.07, 6.45) is 0. The summed E-state index contributed by atoms with van der Waals surface area (Å²) in [5.74, 6) is 1.60. The third kappa shape index (κ3) is 4.53. The van der Waals surface area contributed by atoms with Crippen molar-refractivity contribution in [2.75, 3.05) is 19.0 Å². The number of fused-ring (bicyclic) bond motifs is 1. The number of hydrogen-bond acceptors (Lipinski definition) is 5. The molecule has 31 heavy (non-hydrogen) atoms. The van der Waals surface area contributed by atoms with E-state index in [-0.39, 0.29) is 12.5 Å². The highest BCUT2D eigenvalue weighted by atomic mass is 16.5. The number of aryl methyl sites for hydroxylation is 3. The molecule has 0 atom stereocenters. The van der Waals surface area contributed by atoms with Gasteiger partial charge in [0.2, 0.25) is 5.89 Å². The maximum atomic E-state index is 12.4. The lowest BCUT2D eigenvalue weighted by Crippen LogP contribution is -2.20. The van der Waals surface area contributed by atoms with Crippen LogP contribution in [-0.4, -0.2) is 24.6 Å². The van der Waals surface area contributed by atoms with Crippen molar-refractivity contribution in [1.82, 2.24) is 4.98 Å². The van der Waals surface area contributed by atoms with Gasteiger partial charge in [-0.25, -0.2) is 4.98 Å². The van der Waals surface area contributed by atoms with E-state index in [2.05, 4.69) is 16.4 Å². The summed E-state index contributed by atoms with van der Waals surface area (Å²) in [7, 11) is 1.60. The van der Waals surface area contributed by atoms with Crippen molar-refractivity contribution in [1.29, 1.82) is 0 Å². The first kappa shape index (κ1) is 20.5. The first-order valence-corrected chi connectivity index (χ1v) is 9.98. The van der Waals surface area contributed by atoms with Crippen LogP contribution in [0.4, 0.5) is 5.69 Å². The molecule has 6 nitrogen and oxygen atoms in total. The number of hydrogen-bond donors (Lipinski definition) is 1. The van der Waals surface area contributed by atoms with Crippen LogP contribution in [0.1, 0.15) is 16.7 Å². The number of ether oxygens (including phenoxy) is 2. The number of nitrogens with one attached hydrogen (secondary N) is 1. The quantitative estimate of drug-likeness (QED) is 0.453. The summed E-state index contributed by atoms with van der Waals surface area (Å²) < 4.78 is 16.7. The summed E-state index contributed by atoms with van der Waals surface area (Å²) in [5, 5.41) is 2.91. The van der Waals surface area contributed by atoms with Crippen molar-refractivity contribution in [3.05, 3.63) is 71.3 Å². The van der Waals surface area contributed by atoms with Gasteiger partial charge in [0.15, 0.2) is 12.2 Å². The molecular weight excluding hydrogens is 392 g/mol. The average molecular weight is 416 g/mol. The van der Waals surface area contributed by atoms with Crippen molar-refractivity contribution in [3.63, 3.8) is 0 Å². The van der Waals surface area contributed by atoms with Crippen LogP contribution in [0.25, 0.3) is 22.6 Å². The molecule has 0 fully saturated rings. The Morgan fingerprint density at radius 2 is 1.71 bits per heavy atom. The van der Waals surface area contributed by atoms with E-state index in [9.17, 15) is 4.79 Å². The van der Waals surface area contributed by atoms with Gasteiger partial charge in [-0.05, 0) is 79.9 Å². The van der Waals surface area contributed by atoms with E-state index in [4.69, 9.17) is 13.9 Å². The molecule has 0 aliphatic heterocycles. The zero-order valence-corrected chi connectivity index (χ0v) is 18.0. The van der Waals surface area contributed by atoms with E-state index in [1.807, 2.05) is 45.0 Å². The Bertz CT molecular complexity index is 1240. The number of carbonyl (C=O) groups excluding carboxylic acids is 1. The Balaban J connectivity index is 1.49. The first-order chi connectivity index (χ1) is 14.9. The molecule has 0 spiro atoms. The highest BCUT2D eigenvalue weighted by Crippen LogP contribution is 2.30. The number of aromatic nitrogens is 1. The predicted molar refractivity (Wildman–Crippen MR) is 121 cm³/mol. The van der Waals surface area contributed by atoms with Gasteiger partial charge < -0.3 is 19.2 Å². The number of rotatable bonds is 6. The summed E-state index contributed by atoms with van der Waals surface area (Å²) in [6.45, 7) is 5.88. The van der Waals surface area contributed by atoms with Crippen LogP contribution < -0.4 is 14.8 Å². The molecule has 0 aliphatic carbocycles. The fraction of sp³-hybridized carbons (Fsp3) is 0.200. The highest BCUT2D eigenvalue weighted by Gasteiger charge is 2.13. The van der Waals surface area contributed by atoms with E-state index in [1.165, 1.54) is 0 Å². The molecule has 0 saturated heterocycles. The van der Waals surface area contributed by atoms with E-state index in [0.29, 0.717) is 17.3 Å². The molecule has 4 rings (SSSR count). The summed E-state index contributed by atoms with van der Waals surface area (Å²) >= 11 is 0. The molecule has 1 N–H and O–H groups in total. The molecule has 0 saturated carbocycles. The molecule has 158 valence electrons. The topological polar surface area (TPSA) is 73.6 Å². The lowest BCUT2D eigenvalue weighted by molar-refractivity contribution is -0.118. The van der Waals surface area contributed by atoms with Crippen LogP contribution in [0.3, 0.4) is 0 Å². The number of carbonyl (C=O) groups is 1. The average Bonchev–Trinajstić information content (AvgIpc) is 3.18. The van der Waals surface area contributed by atoms with Crippen LogP contribution in [0.2, 0.25) is 0 Å². The maximum Gasteiger partial charge on any atom is 0.262 e. The number of oxazole rings is 1. The van der Waals surface area contributed by atoms with Gasteiger partial charge in [0.25, 0.3) is 5.91 Å². The third-order valence-corrected chi connectivity index (χ3v) is 5.01. The van der Waals surface area contributed by atoms with Gasteiger partial charge in [-0.1, -0.05) is 12.1 Å². The fourth-order valence-electron chi connectivity index (χ4n) is 3.40. The fourth-order valence-corrected chi connectivity index (χ4v) is 3.40. The Hall–Kier alpha value is -3.80. The zero-order chi connectivity index (χ0) is 22.0. The Kier molecular flexibility index (Phi) is 5.62. The largest absolute Gasteiger partial charge is 0.497 e. The third-order valence-electron chi connectivity index (χ3n) is 5.01. The smallest absolute Gasteiger partial charge is 0.262 e. The second-order valence-electron chi connectivity index (χ2n) is 7.49. The van der Waals surface area contributed by atoms with Gasteiger partial charge in [0.1, 0.15) is 17.0 Å². The van der Waals surface area contributed by atoms with Crippen molar-refractivity contribution in [2.45, 2.75) is 20.8 Å². The zero-order valence-electron chi connectivity index (χ0n) is 18.0. The number of nitrogens with zero attached hydrogens (tertiary/aromatic N) is 1. The lowest BCUT2D eigenvalue weighted by Gasteiger charge is -2.11. The van der Waals surface area contributed by atoms with Gasteiger partial charge in [0, 0.05) is 11.3 Å². The minimum atomic E-state index is -0.250. The SMILES string of the molecule is COc1ccc(OCC(=O)Nc2cc(-c3nc4cc(C)cc(C)c4o3)ccc2C)cc1. The number of benzene rings is 3. The molecule has 0 unspecified atom stereocenters. The summed E-state index contributed by atoms with van der Waals surface area (Å²) in [6, 6.07) is 16.9. The molecule has 1 amide bonds. The van der Waals surface area contributed by atoms with Gasteiger partial charge >= 0.3 is 0 Å². The van der Waals surface area contributed by atoms with E-state index >= 15 is 0 Å². The van der Waals surface area contributed by atoms with Crippen LogP contribution >= 0.6 is 0 Å². The maximum absolute atomic E-state index is 12.4. The van der Waals surface area contributed by atoms with Crippen LogP contribution in [-0.2, 0) is 4.79 Å². The molecule has 4 aromatic rings. The monoisotopic (exact) mass is 416 g/mol. The standard InChI is InChI=1S/C25H24N2O4/c1-15-11-17(3)24-22(12-15)27-25(31-24)18-6-5-16(2)21(13-18)26-23(28)14-30-20-9-7-19(29-4)8-10-20/h5-13H,14H2,1-4H3,(H,26,28). The predicted octanol–water partition coefficient (Wildman–Crippen LogP) is 5.45. The first-order valence-electron chi connectivity index (χ1n) is 9.98. The number of amides is 1. The Labute approximate surface area is 180 Å². The van der Waals surface area contributed by atoms with Crippen LogP contribution in [0.15, 0.2) is 59.0 Å². The second-order valence-corrected chi connectivity index (χ2v) is 7.49. The van der Waals surface area contributed by atoms with Gasteiger partial charge in [-0.3, -0.25) is 4.79 Å². The Morgan fingerprint density at radius 1 is 0.968 bits per heavy atom. The van der Waals surface area contributed by atoms with Crippen LogP contribution in [0, 0.1) is 20.8 Å². The van der Waals surface area contributed by atoms with E-state index in [1.54, 1.807) is 31.4 Å². The van der Waals surface area contributed by atoms with E-state index < -0.39 is 0 Å². The number of methoxy groups -OCH3 is 1. The molecule has 3 aromatic carbocycles. The molecule has 1 aromatic heterocycles. The molecular formula is C25H24N2O4. The van der Waals surface area contributed by atoms with Crippen molar-refractivity contribution < 1.29 is 18.7 Å². The molecule has 0 aliphatic rings. The minimum Gasteiger partial charge on any atom is -0.497 e. The Morgan fingerprint density at radius 3 is 2.45 bits per heavy atom. The van der Waals surface area contributed by atoms with Gasteiger partial charge in [-0.15, -0.1) is 0 Å².